The maximum atomic E-state index is 13.7. The lowest BCUT2D eigenvalue weighted by molar-refractivity contribution is -0.133. The van der Waals surface area contributed by atoms with Crippen LogP contribution in [0.25, 0.3) is 0 Å². The van der Waals surface area contributed by atoms with Crippen molar-refractivity contribution in [3.63, 3.8) is 0 Å². The Balaban J connectivity index is 0.00000242. The molecule has 42 heavy (non-hydrogen) atoms. The van der Waals surface area contributed by atoms with Crippen molar-refractivity contribution in [2.75, 3.05) is 26.2 Å². The minimum Gasteiger partial charge on any atom is -0.340 e. The van der Waals surface area contributed by atoms with Gasteiger partial charge in [0.2, 0.25) is 5.91 Å². The Hall–Kier alpha value is -3.50. The molecule has 2 aliphatic rings. The van der Waals surface area contributed by atoms with E-state index in [4.69, 9.17) is 5.26 Å². The first kappa shape index (κ1) is 33.0. The van der Waals surface area contributed by atoms with E-state index in [2.05, 4.69) is 20.5 Å². The van der Waals surface area contributed by atoms with Gasteiger partial charge in [0, 0.05) is 51.9 Å². The lowest BCUT2D eigenvalue weighted by Gasteiger charge is -2.36. The maximum Gasteiger partial charge on any atom is 0.223 e. The first-order chi connectivity index (χ1) is 19.6. The maximum absolute atomic E-state index is 13.7. The summed E-state index contributed by atoms with van der Waals surface area (Å²) in [5.74, 6) is 0.635. The molecule has 1 amide bonds. The standard InChI is InChI=1S/C33H40FN5O.2CH4/c34-30-14-12-29(13-15-30)32(28-6-4-2-1-3-5-7-28)20-33(40)38-18-16-37(17-19-38)24-31-22-36-25-39(31)23-27-10-8-26(21-35)9-11-27;;/h8-15,22,25,28,32H,1-7,16-20,23-24H2;2*1H4. The molecular weight excluding hydrogens is 525 g/mol. The zero-order valence-electron chi connectivity index (χ0n) is 23.3. The Morgan fingerprint density at radius 1 is 0.905 bits per heavy atom. The highest BCUT2D eigenvalue weighted by molar-refractivity contribution is 5.77. The molecule has 5 rings (SSSR count). The van der Waals surface area contributed by atoms with Gasteiger partial charge in [0.25, 0.3) is 0 Å². The lowest BCUT2D eigenvalue weighted by Crippen LogP contribution is -2.48. The van der Waals surface area contributed by atoms with Gasteiger partial charge >= 0.3 is 0 Å². The van der Waals surface area contributed by atoms with Gasteiger partial charge < -0.3 is 9.47 Å². The number of piperazine rings is 1. The van der Waals surface area contributed by atoms with Gasteiger partial charge in [-0.2, -0.15) is 5.26 Å². The Bertz CT molecular complexity index is 1260. The predicted molar refractivity (Wildman–Crippen MR) is 167 cm³/mol. The van der Waals surface area contributed by atoms with Crippen molar-refractivity contribution in [2.24, 2.45) is 5.92 Å². The number of benzene rings is 2. The van der Waals surface area contributed by atoms with Gasteiger partial charge in [-0.15, -0.1) is 0 Å². The Morgan fingerprint density at radius 2 is 1.55 bits per heavy atom. The van der Waals surface area contributed by atoms with E-state index in [1.165, 1.54) is 32.1 Å². The van der Waals surface area contributed by atoms with E-state index in [1.807, 2.05) is 53.8 Å². The number of hydrogen-bond acceptors (Lipinski definition) is 4. The molecule has 2 fully saturated rings. The smallest absolute Gasteiger partial charge is 0.223 e. The van der Waals surface area contributed by atoms with Crippen LogP contribution in [0.4, 0.5) is 4.39 Å². The summed E-state index contributed by atoms with van der Waals surface area (Å²) in [6, 6.07) is 16.7. The average molecular weight is 574 g/mol. The average Bonchev–Trinajstić information content (AvgIpc) is 3.39. The molecule has 1 saturated heterocycles. The summed E-state index contributed by atoms with van der Waals surface area (Å²) in [4.78, 5) is 22.4. The molecule has 6 nitrogen and oxygen atoms in total. The molecule has 0 bridgehead atoms. The van der Waals surface area contributed by atoms with Crippen molar-refractivity contribution >= 4 is 5.91 Å². The summed E-state index contributed by atoms with van der Waals surface area (Å²) in [7, 11) is 0. The van der Waals surface area contributed by atoms with E-state index in [9.17, 15) is 9.18 Å². The number of carbonyl (C=O) groups is 1. The number of carbonyl (C=O) groups excluding carboxylic acids is 1. The second kappa shape index (κ2) is 16.2. The van der Waals surface area contributed by atoms with E-state index >= 15 is 0 Å². The van der Waals surface area contributed by atoms with Crippen molar-refractivity contribution in [3.05, 3.63) is 89.3 Å². The second-order valence-corrected chi connectivity index (χ2v) is 11.4. The largest absolute Gasteiger partial charge is 0.340 e. The van der Waals surface area contributed by atoms with E-state index in [-0.39, 0.29) is 32.5 Å². The number of aromatic nitrogens is 2. The first-order valence-electron chi connectivity index (χ1n) is 14.8. The number of nitrogens with zero attached hydrogens (tertiary/aromatic N) is 5. The zero-order valence-corrected chi connectivity index (χ0v) is 23.3. The van der Waals surface area contributed by atoms with Gasteiger partial charge in [0.15, 0.2) is 0 Å². The topological polar surface area (TPSA) is 65.2 Å². The molecule has 1 unspecified atom stereocenters. The molecule has 7 heteroatoms. The van der Waals surface area contributed by atoms with Gasteiger partial charge in [-0.25, -0.2) is 9.37 Å². The fourth-order valence-corrected chi connectivity index (χ4v) is 6.36. The van der Waals surface area contributed by atoms with E-state index in [0.717, 1.165) is 62.4 Å². The monoisotopic (exact) mass is 573 g/mol. The third-order valence-corrected chi connectivity index (χ3v) is 8.76. The van der Waals surface area contributed by atoms with Gasteiger partial charge in [0.1, 0.15) is 5.82 Å². The van der Waals surface area contributed by atoms with Crippen LogP contribution in [-0.2, 0) is 17.9 Å². The molecule has 0 spiro atoms. The molecule has 1 aliphatic carbocycles. The quantitative estimate of drug-likeness (QED) is 0.282. The molecule has 1 aromatic heterocycles. The summed E-state index contributed by atoms with van der Waals surface area (Å²) >= 11 is 0. The number of halogens is 1. The Labute approximate surface area is 252 Å². The summed E-state index contributed by atoms with van der Waals surface area (Å²) in [6.45, 7) is 4.62. The predicted octanol–water partition coefficient (Wildman–Crippen LogP) is 7.39. The molecule has 3 aromatic rings. The SMILES string of the molecule is C.C.N#Cc1ccc(Cn2cncc2CN2CCN(C(=O)CC(c3ccc(F)cc3)C3CCCCCCC3)CC2)cc1. The van der Waals surface area contributed by atoms with Crippen molar-refractivity contribution in [1.29, 1.82) is 5.26 Å². The van der Waals surface area contributed by atoms with Crippen LogP contribution >= 0.6 is 0 Å². The van der Waals surface area contributed by atoms with E-state index < -0.39 is 0 Å². The molecule has 0 N–H and O–H groups in total. The second-order valence-electron chi connectivity index (χ2n) is 11.4. The highest BCUT2D eigenvalue weighted by atomic mass is 19.1. The molecule has 226 valence electrons. The number of hydrogen-bond donors (Lipinski definition) is 0. The lowest BCUT2D eigenvalue weighted by atomic mass is 9.76. The molecule has 1 aliphatic heterocycles. The van der Waals surface area contributed by atoms with Crippen LogP contribution in [-0.4, -0.2) is 51.4 Å². The number of nitriles is 1. The first-order valence-corrected chi connectivity index (χ1v) is 14.8. The number of imidazole rings is 1. The van der Waals surface area contributed by atoms with E-state index in [0.29, 0.717) is 24.4 Å². The molecule has 2 heterocycles. The van der Waals surface area contributed by atoms with Crippen LogP contribution in [0.1, 0.15) is 94.5 Å². The van der Waals surface area contributed by atoms with Crippen LogP contribution in [0.2, 0.25) is 0 Å². The minimum absolute atomic E-state index is 0. The number of rotatable bonds is 8. The fourth-order valence-electron chi connectivity index (χ4n) is 6.36. The van der Waals surface area contributed by atoms with Gasteiger partial charge in [0.05, 0.1) is 23.7 Å². The summed E-state index contributed by atoms with van der Waals surface area (Å²) in [5.41, 5.74) is 4.05. The molecule has 1 saturated carbocycles. The Kier molecular flexibility index (Phi) is 12.7. The molecule has 0 radical (unpaired) electrons. The molecular formula is C35H48FN5O. The third-order valence-electron chi connectivity index (χ3n) is 8.76. The summed E-state index contributed by atoms with van der Waals surface area (Å²) in [5, 5.41) is 9.04. The van der Waals surface area contributed by atoms with Crippen molar-refractivity contribution in [3.8, 4) is 6.07 Å². The van der Waals surface area contributed by atoms with Crippen LogP contribution in [0.15, 0.2) is 61.1 Å². The van der Waals surface area contributed by atoms with Gasteiger partial charge in [-0.1, -0.05) is 71.2 Å². The number of amides is 1. The van der Waals surface area contributed by atoms with Crippen molar-refractivity contribution < 1.29 is 9.18 Å². The van der Waals surface area contributed by atoms with Crippen molar-refractivity contribution in [2.45, 2.75) is 85.2 Å². The van der Waals surface area contributed by atoms with Crippen molar-refractivity contribution in [1.82, 2.24) is 19.4 Å². The third kappa shape index (κ3) is 8.75. The highest BCUT2D eigenvalue weighted by Gasteiger charge is 2.29. The summed E-state index contributed by atoms with van der Waals surface area (Å²) < 4.78 is 15.9. The zero-order chi connectivity index (χ0) is 27.7. The normalized spacial score (nSPS) is 17.2. The minimum atomic E-state index is -0.221. The van der Waals surface area contributed by atoms with Crippen LogP contribution in [0.3, 0.4) is 0 Å². The van der Waals surface area contributed by atoms with Gasteiger partial charge in [-0.3, -0.25) is 9.69 Å². The Morgan fingerprint density at radius 3 is 2.19 bits per heavy atom. The molecule has 1 atom stereocenters. The van der Waals surface area contributed by atoms with Crippen LogP contribution in [0.5, 0.6) is 0 Å². The van der Waals surface area contributed by atoms with Gasteiger partial charge in [-0.05, 0) is 60.1 Å². The highest BCUT2D eigenvalue weighted by Crippen LogP contribution is 2.37. The molecule has 2 aromatic carbocycles. The fraction of sp³-hybridized carbons (Fsp3) is 0.514. The van der Waals surface area contributed by atoms with Crippen LogP contribution < -0.4 is 0 Å². The van der Waals surface area contributed by atoms with E-state index in [1.54, 1.807) is 12.1 Å². The van der Waals surface area contributed by atoms with Crippen LogP contribution in [0, 0.1) is 23.1 Å². The summed E-state index contributed by atoms with van der Waals surface area (Å²) in [6.07, 6.45) is 12.9.